The first-order chi connectivity index (χ1) is 24.1. The van der Waals surface area contributed by atoms with E-state index < -0.39 is 17.3 Å². The van der Waals surface area contributed by atoms with E-state index in [-0.39, 0.29) is 29.1 Å². The molecule has 0 saturated carbocycles. The molecule has 0 radical (unpaired) electrons. The van der Waals surface area contributed by atoms with E-state index in [0.717, 1.165) is 24.0 Å². The van der Waals surface area contributed by atoms with Crippen molar-refractivity contribution in [2.24, 2.45) is 5.73 Å². The number of ether oxygens (including phenoxy) is 1. The third-order valence-corrected chi connectivity index (χ3v) is 8.53. The molecule has 4 aromatic rings. The molecule has 5 rings (SSSR count). The number of phenolic OH excluding ortho intramolecular Hbond substituents is 1. The summed E-state index contributed by atoms with van der Waals surface area (Å²) in [5.74, 6) is -0.673. The molecular formula is C37H35FN6O6. The molecule has 3 aromatic carbocycles. The first-order valence-corrected chi connectivity index (χ1v) is 15.4. The minimum atomic E-state index is -0.707. The highest BCUT2D eigenvalue weighted by molar-refractivity contribution is 5.91. The summed E-state index contributed by atoms with van der Waals surface area (Å²) in [6.45, 7) is 0.858. The Balaban J connectivity index is 0.00000181. The number of aromatic hydroxyl groups is 1. The molecule has 1 fully saturated rings. The lowest BCUT2D eigenvalue weighted by Gasteiger charge is -2.40. The van der Waals surface area contributed by atoms with Crippen LogP contribution in [0, 0.1) is 28.5 Å². The molecule has 50 heavy (non-hydrogen) atoms. The Morgan fingerprint density at radius 3 is 2.36 bits per heavy atom. The van der Waals surface area contributed by atoms with Crippen molar-refractivity contribution < 1.29 is 34.1 Å². The molecule has 13 heteroatoms. The number of carbonyl (C=O) groups excluding carboxylic acids is 1. The maximum atomic E-state index is 14.9. The monoisotopic (exact) mass is 678 g/mol. The number of piperidine rings is 1. The van der Waals surface area contributed by atoms with Crippen LogP contribution < -0.4 is 20.9 Å². The van der Waals surface area contributed by atoms with Gasteiger partial charge >= 0.3 is 0 Å². The molecule has 2 heterocycles. The van der Waals surface area contributed by atoms with Gasteiger partial charge in [-0.25, -0.2) is 14.9 Å². The zero-order valence-corrected chi connectivity index (χ0v) is 27.1. The molecule has 1 aromatic heterocycles. The third-order valence-electron chi connectivity index (χ3n) is 8.53. The number of hydrogen-bond donors (Lipinski definition) is 5. The van der Waals surface area contributed by atoms with Crippen LogP contribution in [0.2, 0.25) is 0 Å². The fourth-order valence-corrected chi connectivity index (χ4v) is 5.80. The lowest BCUT2D eigenvalue weighted by molar-refractivity contribution is -0.124. The lowest BCUT2D eigenvalue weighted by atomic mass is 9.83. The van der Waals surface area contributed by atoms with Crippen LogP contribution in [0.15, 0.2) is 72.9 Å². The fraction of sp³-hybridized carbons (Fsp3) is 0.216. The van der Waals surface area contributed by atoms with Crippen LogP contribution in [0.1, 0.15) is 41.5 Å². The predicted octanol–water partition coefficient (Wildman–Crippen LogP) is 5.16. The number of methoxy groups -OCH3 is 1. The summed E-state index contributed by atoms with van der Waals surface area (Å²) in [7, 11) is 1.44. The van der Waals surface area contributed by atoms with E-state index in [1.54, 1.807) is 36.0 Å². The topological polar surface area (TPSA) is 206 Å². The van der Waals surface area contributed by atoms with E-state index in [9.17, 15) is 24.8 Å². The maximum absolute atomic E-state index is 14.9. The van der Waals surface area contributed by atoms with Gasteiger partial charge in [-0.1, -0.05) is 36.4 Å². The summed E-state index contributed by atoms with van der Waals surface area (Å²) in [6.07, 6.45) is 7.29. The highest BCUT2D eigenvalue weighted by Crippen LogP contribution is 2.41. The number of anilines is 1. The van der Waals surface area contributed by atoms with Gasteiger partial charge in [0.15, 0.2) is 11.5 Å². The summed E-state index contributed by atoms with van der Waals surface area (Å²) in [5, 5.41) is 45.8. The Labute approximate surface area is 288 Å². The van der Waals surface area contributed by atoms with Crippen LogP contribution in [-0.2, 0) is 16.0 Å². The molecule has 6 N–H and O–H groups in total. The van der Waals surface area contributed by atoms with Gasteiger partial charge in [0.25, 0.3) is 12.4 Å². The van der Waals surface area contributed by atoms with Crippen molar-refractivity contribution in [2.45, 2.75) is 31.2 Å². The fourth-order valence-electron chi connectivity index (χ4n) is 5.80. The quantitative estimate of drug-likeness (QED) is 0.0676. The average molecular weight is 679 g/mol. The van der Waals surface area contributed by atoms with Gasteiger partial charge in [-0.2, -0.15) is 10.5 Å². The van der Waals surface area contributed by atoms with Crippen molar-refractivity contribution in [1.82, 2.24) is 10.5 Å². The number of aryl methyl sites for hydroxylation is 1. The number of aromatic nitrogens is 1. The average Bonchev–Trinajstić information content (AvgIpc) is 3.13. The van der Waals surface area contributed by atoms with E-state index in [0.29, 0.717) is 54.0 Å². The number of phenols is 1. The van der Waals surface area contributed by atoms with Crippen molar-refractivity contribution in [3.05, 3.63) is 101 Å². The molecule has 0 aliphatic carbocycles. The first-order valence-electron chi connectivity index (χ1n) is 15.4. The van der Waals surface area contributed by atoms with Crippen LogP contribution in [0.4, 0.5) is 10.2 Å². The number of rotatable bonds is 9. The van der Waals surface area contributed by atoms with E-state index in [2.05, 4.69) is 6.07 Å². The molecule has 1 aliphatic rings. The molecule has 1 aliphatic heterocycles. The Bertz CT molecular complexity index is 1960. The molecule has 0 bridgehead atoms. The van der Waals surface area contributed by atoms with E-state index in [4.69, 9.17) is 30.6 Å². The molecule has 1 amide bonds. The number of carbonyl (C=O) groups is 2. The summed E-state index contributed by atoms with van der Waals surface area (Å²) < 4.78 is 20.1. The number of hydroxylamine groups is 1. The van der Waals surface area contributed by atoms with Gasteiger partial charge in [0, 0.05) is 42.0 Å². The Morgan fingerprint density at radius 2 is 1.78 bits per heavy atom. The number of nitrogens with zero attached hydrogens (tertiary/aromatic N) is 4. The number of nitrogens with two attached hydrogens (primary N) is 1. The molecule has 0 spiro atoms. The molecule has 1 saturated heterocycles. The van der Waals surface area contributed by atoms with Gasteiger partial charge in [0.05, 0.1) is 12.7 Å². The van der Waals surface area contributed by atoms with E-state index in [1.165, 1.54) is 31.4 Å². The summed E-state index contributed by atoms with van der Waals surface area (Å²) in [5.41, 5.74) is 11.9. The number of amides is 1. The zero-order chi connectivity index (χ0) is 36.3. The third kappa shape index (κ3) is 8.59. The number of carboxylic acid groups (broad SMARTS) is 1. The number of nitrogens with one attached hydrogen (secondary N) is 1. The SMILES string of the molecule is COc1ccc(-c2cnc(N3CCC(N)(CCc4ccc(/C=C/C(=O)NO)cc4)CC3)c(C#N)c2-c2ccc(C#N)c(F)c2)cc1O.O=CO. The van der Waals surface area contributed by atoms with Gasteiger partial charge in [-0.3, -0.25) is 14.8 Å². The maximum Gasteiger partial charge on any atom is 0.290 e. The predicted molar refractivity (Wildman–Crippen MR) is 183 cm³/mol. The van der Waals surface area contributed by atoms with Crippen LogP contribution in [-0.4, -0.2) is 58.5 Å². The van der Waals surface area contributed by atoms with Crippen LogP contribution >= 0.6 is 0 Å². The second kappa shape index (κ2) is 16.7. The molecule has 0 atom stereocenters. The highest BCUT2D eigenvalue weighted by atomic mass is 19.1. The number of benzene rings is 3. The molecule has 256 valence electrons. The first kappa shape index (κ1) is 36.6. The van der Waals surface area contributed by atoms with Gasteiger partial charge in [-0.05, 0) is 78.3 Å². The molecular weight excluding hydrogens is 643 g/mol. The van der Waals surface area contributed by atoms with E-state index in [1.807, 2.05) is 35.2 Å². The van der Waals surface area contributed by atoms with Crippen molar-refractivity contribution >= 4 is 24.3 Å². The zero-order valence-electron chi connectivity index (χ0n) is 27.1. The van der Waals surface area contributed by atoms with Crippen molar-refractivity contribution in [1.29, 1.82) is 10.5 Å². The van der Waals surface area contributed by atoms with Gasteiger partial charge in [-0.15, -0.1) is 0 Å². The molecule has 0 unspecified atom stereocenters. The number of hydrogen-bond acceptors (Lipinski definition) is 10. The largest absolute Gasteiger partial charge is 0.504 e. The number of pyridine rings is 1. The summed E-state index contributed by atoms with van der Waals surface area (Å²) in [6, 6.07) is 20.9. The second-order valence-corrected chi connectivity index (χ2v) is 11.6. The van der Waals surface area contributed by atoms with Crippen LogP contribution in [0.25, 0.3) is 28.3 Å². The smallest absolute Gasteiger partial charge is 0.290 e. The van der Waals surface area contributed by atoms with Gasteiger partial charge in [0.2, 0.25) is 0 Å². The summed E-state index contributed by atoms with van der Waals surface area (Å²) >= 11 is 0. The minimum Gasteiger partial charge on any atom is -0.504 e. The second-order valence-electron chi connectivity index (χ2n) is 11.6. The van der Waals surface area contributed by atoms with Gasteiger partial charge in [0.1, 0.15) is 29.3 Å². The highest BCUT2D eigenvalue weighted by Gasteiger charge is 2.32. The van der Waals surface area contributed by atoms with Gasteiger partial charge < -0.3 is 25.6 Å². The number of nitriles is 2. The lowest BCUT2D eigenvalue weighted by Crippen LogP contribution is -2.51. The minimum absolute atomic E-state index is 0.0975. The van der Waals surface area contributed by atoms with Crippen LogP contribution in [0.5, 0.6) is 11.5 Å². The molecule has 12 nitrogen and oxygen atoms in total. The van der Waals surface area contributed by atoms with Crippen molar-refractivity contribution in [2.75, 3.05) is 25.1 Å². The summed E-state index contributed by atoms with van der Waals surface area (Å²) in [4.78, 5) is 26.3. The van der Waals surface area contributed by atoms with Crippen molar-refractivity contribution in [3.8, 4) is 45.9 Å². The Morgan fingerprint density at radius 1 is 1.10 bits per heavy atom. The Hall–Kier alpha value is -6.28. The van der Waals surface area contributed by atoms with E-state index >= 15 is 0 Å². The standard InChI is InChI=1S/C36H33FN6O4.CH2O2/c1-47-32-10-9-25(19-31(32)44)29-22-41-35(28(21-39)34(29)26-7-8-27(20-38)30(37)18-26)43-16-14-36(40,15-17-43)13-12-24-4-2-23(3-5-24)6-11-33(45)42-46;2-1-3/h2-11,18-19,22,44,46H,12-17,40H2,1H3,(H,42,45);1H,(H,2,3)/b11-6+;. The normalized spacial score (nSPS) is 13.4. The Kier molecular flexibility index (Phi) is 12.2. The number of halogens is 1. The van der Waals surface area contributed by atoms with Crippen molar-refractivity contribution in [3.63, 3.8) is 0 Å². The van der Waals surface area contributed by atoms with Crippen LogP contribution in [0.3, 0.4) is 0 Å².